The van der Waals surface area contributed by atoms with Crippen LogP contribution in [0.5, 0.6) is 0 Å². The quantitative estimate of drug-likeness (QED) is 0.270. The SMILES string of the molecule is C=CCN(C(=O)CC(C(=O)O)S(=O)(=O)O)C(CC(=O)O)C(=O)O. The van der Waals surface area contributed by atoms with Gasteiger partial charge in [0.05, 0.1) is 12.8 Å². The van der Waals surface area contributed by atoms with Crippen molar-refractivity contribution in [1.82, 2.24) is 4.90 Å². The molecule has 0 aliphatic carbocycles. The third-order valence-corrected chi connectivity index (χ3v) is 3.76. The first kappa shape index (κ1) is 20.5. The Morgan fingerprint density at radius 1 is 1.04 bits per heavy atom. The summed E-state index contributed by atoms with van der Waals surface area (Å²) >= 11 is 0. The molecule has 1 amide bonds. The lowest BCUT2D eigenvalue weighted by atomic mass is 10.1. The Morgan fingerprint density at radius 2 is 1.57 bits per heavy atom. The number of carboxylic acid groups (broad SMARTS) is 3. The number of aliphatic carboxylic acids is 3. The minimum Gasteiger partial charge on any atom is -0.481 e. The topological polar surface area (TPSA) is 187 Å². The van der Waals surface area contributed by atoms with E-state index in [1.54, 1.807) is 0 Å². The Bertz CT molecular complexity index is 610. The highest BCUT2D eigenvalue weighted by Crippen LogP contribution is 2.13. The molecule has 0 saturated carbocycles. The molecule has 2 atom stereocenters. The number of rotatable bonds is 10. The largest absolute Gasteiger partial charge is 0.481 e. The first-order valence-electron chi connectivity index (χ1n) is 5.95. The van der Waals surface area contributed by atoms with Crippen molar-refractivity contribution in [2.75, 3.05) is 6.54 Å². The van der Waals surface area contributed by atoms with Gasteiger partial charge in [-0.1, -0.05) is 6.08 Å². The van der Waals surface area contributed by atoms with Gasteiger partial charge in [0.2, 0.25) is 5.91 Å². The molecule has 4 N–H and O–H groups in total. The fourth-order valence-electron chi connectivity index (χ4n) is 1.63. The molecule has 12 heteroatoms. The zero-order valence-electron chi connectivity index (χ0n) is 11.7. The molecule has 0 rings (SSSR count). The number of carboxylic acids is 3. The molecular formula is C11H15NO10S. The summed E-state index contributed by atoms with van der Waals surface area (Å²) in [7, 11) is -5.11. The Kier molecular flexibility index (Phi) is 7.35. The van der Waals surface area contributed by atoms with Crippen LogP contribution in [0.4, 0.5) is 0 Å². The fourth-order valence-corrected chi connectivity index (χ4v) is 2.24. The van der Waals surface area contributed by atoms with Crippen molar-refractivity contribution < 1.29 is 47.5 Å². The third-order valence-electron chi connectivity index (χ3n) is 2.67. The molecule has 2 unspecified atom stereocenters. The van der Waals surface area contributed by atoms with Crippen LogP contribution in [0.15, 0.2) is 12.7 Å². The van der Waals surface area contributed by atoms with Gasteiger partial charge in [0.1, 0.15) is 6.04 Å². The summed E-state index contributed by atoms with van der Waals surface area (Å²) in [5.74, 6) is -6.50. The number of hydrogen-bond acceptors (Lipinski definition) is 6. The molecule has 0 bridgehead atoms. The molecule has 0 aliphatic rings. The molecule has 0 aliphatic heterocycles. The van der Waals surface area contributed by atoms with E-state index in [4.69, 9.17) is 19.9 Å². The number of nitrogens with zero attached hydrogens (tertiary/aromatic N) is 1. The lowest BCUT2D eigenvalue weighted by Gasteiger charge is -2.27. The van der Waals surface area contributed by atoms with Crippen LogP contribution >= 0.6 is 0 Å². The molecule has 0 aromatic rings. The Morgan fingerprint density at radius 3 is 1.87 bits per heavy atom. The standard InChI is InChI=1S/C11H15NO10S/c1-2-3-12(6(10(16)17)4-9(14)15)8(13)5-7(11(18)19)23(20,21)22/h2,6-7H,1,3-5H2,(H,14,15)(H,16,17)(H,18,19)(H,20,21,22). The van der Waals surface area contributed by atoms with E-state index in [1.165, 1.54) is 0 Å². The van der Waals surface area contributed by atoms with E-state index in [1.807, 2.05) is 0 Å². The predicted octanol–water partition coefficient (Wildman–Crippen LogP) is -1.34. The minimum atomic E-state index is -5.11. The first-order valence-corrected chi connectivity index (χ1v) is 7.46. The van der Waals surface area contributed by atoms with Crippen molar-refractivity contribution >= 4 is 33.9 Å². The summed E-state index contributed by atoms with van der Waals surface area (Å²) in [6.07, 6.45) is -1.19. The zero-order valence-corrected chi connectivity index (χ0v) is 12.5. The van der Waals surface area contributed by atoms with Crippen LogP contribution in [0.2, 0.25) is 0 Å². The summed E-state index contributed by atoms with van der Waals surface area (Å²) in [6.45, 7) is 2.79. The van der Waals surface area contributed by atoms with Gasteiger partial charge in [0.15, 0.2) is 5.25 Å². The van der Waals surface area contributed by atoms with Crippen molar-refractivity contribution in [3.8, 4) is 0 Å². The second-order valence-electron chi connectivity index (χ2n) is 4.33. The van der Waals surface area contributed by atoms with Crippen LogP contribution in [0, 0.1) is 0 Å². The van der Waals surface area contributed by atoms with Crippen LogP contribution < -0.4 is 0 Å². The van der Waals surface area contributed by atoms with Gasteiger partial charge in [0.25, 0.3) is 10.1 Å². The first-order chi connectivity index (χ1) is 10.4. The molecule has 0 radical (unpaired) electrons. The van der Waals surface area contributed by atoms with Gasteiger partial charge >= 0.3 is 17.9 Å². The summed E-state index contributed by atoms with van der Waals surface area (Å²) < 4.78 is 30.7. The maximum Gasteiger partial charge on any atom is 0.327 e. The van der Waals surface area contributed by atoms with E-state index in [2.05, 4.69) is 6.58 Å². The van der Waals surface area contributed by atoms with E-state index in [0.717, 1.165) is 6.08 Å². The average molecular weight is 353 g/mol. The molecule has 11 nitrogen and oxygen atoms in total. The van der Waals surface area contributed by atoms with E-state index in [9.17, 15) is 27.6 Å². The monoisotopic (exact) mass is 353 g/mol. The molecule has 0 heterocycles. The Hall–Kier alpha value is -2.47. The zero-order chi connectivity index (χ0) is 18.4. The molecular weight excluding hydrogens is 338 g/mol. The number of hydrogen-bond donors (Lipinski definition) is 4. The van der Waals surface area contributed by atoms with E-state index >= 15 is 0 Å². The highest BCUT2D eigenvalue weighted by molar-refractivity contribution is 7.87. The van der Waals surface area contributed by atoms with Crippen molar-refractivity contribution in [1.29, 1.82) is 0 Å². The molecule has 23 heavy (non-hydrogen) atoms. The van der Waals surface area contributed by atoms with E-state index in [-0.39, 0.29) is 0 Å². The maximum atomic E-state index is 12.0. The van der Waals surface area contributed by atoms with Gasteiger partial charge in [-0.25, -0.2) is 4.79 Å². The second kappa shape index (κ2) is 8.24. The van der Waals surface area contributed by atoms with E-state index in [0.29, 0.717) is 4.90 Å². The van der Waals surface area contributed by atoms with Crippen LogP contribution in [-0.2, 0) is 29.3 Å². The number of amides is 1. The third kappa shape index (κ3) is 6.44. The van der Waals surface area contributed by atoms with Crippen molar-refractivity contribution in [2.24, 2.45) is 0 Å². The summed E-state index contributed by atoms with van der Waals surface area (Å²) in [5.41, 5.74) is 0. The molecule has 0 aromatic carbocycles. The van der Waals surface area contributed by atoms with Crippen LogP contribution in [0.25, 0.3) is 0 Å². The average Bonchev–Trinajstić information content (AvgIpc) is 2.37. The van der Waals surface area contributed by atoms with Crippen molar-refractivity contribution in [3.05, 3.63) is 12.7 Å². The summed E-state index contributed by atoms with van der Waals surface area (Å²) in [5, 5.41) is 23.9. The van der Waals surface area contributed by atoms with Gasteiger partial charge in [-0.2, -0.15) is 8.42 Å². The molecule has 0 saturated heterocycles. The van der Waals surface area contributed by atoms with Crippen LogP contribution in [0.3, 0.4) is 0 Å². The number of carbonyl (C=O) groups excluding carboxylic acids is 1. The fraction of sp³-hybridized carbons (Fsp3) is 0.455. The highest BCUT2D eigenvalue weighted by atomic mass is 32.2. The normalized spacial score (nSPS) is 13.6. The Balaban J connectivity index is 5.54. The molecule has 0 spiro atoms. The van der Waals surface area contributed by atoms with Gasteiger partial charge < -0.3 is 20.2 Å². The van der Waals surface area contributed by atoms with Crippen LogP contribution in [-0.4, -0.2) is 74.8 Å². The summed E-state index contributed by atoms with van der Waals surface area (Å²) in [6, 6.07) is -1.85. The second-order valence-corrected chi connectivity index (χ2v) is 5.93. The summed E-state index contributed by atoms with van der Waals surface area (Å²) in [4.78, 5) is 45.0. The maximum absolute atomic E-state index is 12.0. The smallest absolute Gasteiger partial charge is 0.327 e. The van der Waals surface area contributed by atoms with Gasteiger partial charge in [0, 0.05) is 6.54 Å². The number of carbonyl (C=O) groups is 4. The van der Waals surface area contributed by atoms with Gasteiger partial charge in [-0.3, -0.25) is 18.9 Å². The van der Waals surface area contributed by atoms with E-state index < -0.39 is 64.6 Å². The molecule has 0 aromatic heterocycles. The van der Waals surface area contributed by atoms with Crippen molar-refractivity contribution in [2.45, 2.75) is 24.1 Å². The molecule has 130 valence electrons. The van der Waals surface area contributed by atoms with Gasteiger partial charge in [-0.15, -0.1) is 6.58 Å². The predicted molar refractivity (Wildman–Crippen MR) is 73.2 cm³/mol. The molecule has 0 fully saturated rings. The van der Waals surface area contributed by atoms with Gasteiger partial charge in [-0.05, 0) is 0 Å². The highest BCUT2D eigenvalue weighted by Gasteiger charge is 2.38. The van der Waals surface area contributed by atoms with Crippen LogP contribution in [0.1, 0.15) is 12.8 Å². The minimum absolute atomic E-state index is 0.457. The lowest BCUT2D eigenvalue weighted by molar-refractivity contribution is -0.154. The Labute approximate surface area is 130 Å². The van der Waals surface area contributed by atoms with Crippen molar-refractivity contribution in [3.63, 3.8) is 0 Å². The lowest BCUT2D eigenvalue weighted by Crippen LogP contribution is -2.48.